The number of nitrogens with one attached hydrogen (secondary N) is 1. The van der Waals surface area contributed by atoms with Gasteiger partial charge in [0.05, 0.1) is 16.7 Å². The molecule has 0 amide bonds. The van der Waals surface area contributed by atoms with Crippen LogP contribution in [0.4, 0.5) is 5.95 Å². The van der Waals surface area contributed by atoms with Crippen molar-refractivity contribution >= 4 is 17.3 Å². The molecule has 2 heterocycles. The molecule has 0 aliphatic heterocycles. The number of aryl methyl sites for hydroxylation is 3. The number of anilines is 1. The molecule has 0 spiro atoms. The lowest BCUT2D eigenvalue weighted by atomic mass is 10.2. The van der Waals surface area contributed by atoms with Crippen LogP contribution in [-0.2, 0) is 6.54 Å². The van der Waals surface area contributed by atoms with E-state index < -0.39 is 0 Å². The van der Waals surface area contributed by atoms with Crippen molar-refractivity contribution in [3.05, 3.63) is 28.0 Å². The van der Waals surface area contributed by atoms with Crippen LogP contribution in [-0.4, -0.2) is 14.5 Å². The molecule has 0 saturated carbocycles. The fraction of sp³-hybridized carbons (Fsp3) is 0.538. The predicted molar refractivity (Wildman–Crippen MR) is 76.1 cm³/mol. The topological polar surface area (TPSA) is 42.7 Å². The summed E-state index contributed by atoms with van der Waals surface area (Å²) < 4.78 is 2.15. The Hall–Kier alpha value is -1.36. The Bertz CT molecular complexity index is 515. The zero-order chi connectivity index (χ0) is 13.1. The molecule has 2 rings (SSSR count). The van der Waals surface area contributed by atoms with Gasteiger partial charge in [-0.2, -0.15) is 0 Å². The van der Waals surface area contributed by atoms with Gasteiger partial charge >= 0.3 is 0 Å². The van der Waals surface area contributed by atoms with Crippen molar-refractivity contribution in [2.24, 2.45) is 0 Å². The molecule has 5 heteroatoms. The van der Waals surface area contributed by atoms with Crippen LogP contribution in [0.25, 0.3) is 0 Å². The molecule has 18 heavy (non-hydrogen) atoms. The molecule has 0 aliphatic carbocycles. The van der Waals surface area contributed by atoms with Gasteiger partial charge in [-0.25, -0.2) is 9.97 Å². The maximum atomic E-state index is 4.47. The van der Waals surface area contributed by atoms with Crippen LogP contribution in [0.15, 0.2) is 12.4 Å². The molecule has 0 aliphatic rings. The number of thiazole rings is 1. The molecule has 0 bridgehead atoms. The summed E-state index contributed by atoms with van der Waals surface area (Å²) in [4.78, 5) is 10.1. The standard InChI is InChI=1S/C13H20N4S/c1-5-7-17-8-6-14-13(17)16-10(3)12-9(2)15-11(4)18-12/h6,8,10H,5,7H2,1-4H3,(H,14,16). The molecule has 4 nitrogen and oxygen atoms in total. The molecule has 2 aromatic rings. The second-order valence-electron chi connectivity index (χ2n) is 4.49. The summed E-state index contributed by atoms with van der Waals surface area (Å²) in [6.07, 6.45) is 4.97. The third-order valence-electron chi connectivity index (χ3n) is 2.86. The van der Waals surface area contributed by atoms with Gasteiger partial charge < -0.3 is 9.88 Å². The Morgan fingerprint density at radius 1 is 1.44 bits per heavy atom. The number of nitrogens with zero attached hydrogens (tertiary/aromatic N) is 3. The molecular formula is C13H20N4S. The van der Waals surface area contributed by atoms with Crippen LogP contribution in [0.2, 0.25) is 0 Å². The summed E-state index contributed by atoms with van der Waals surface area (Å²) in [5, 5.41) is 4.59. The fourth-order valence-corrected chi connectivity index (χ4v) is 3.01. The molecule has 0 fully saturated rings. The van der Waals surface area contributed by atoms with Crippen molar-refractivity contribution in [2.75, 3.05) is 5.32 Å². The fourth-order valence-electron chi connectivity index (χ4n) is 2.08. The van der Waals surface area contributed by atoms with Gasteiger partial charge in [-0.1, -0.05) is 6.92 Å². The Morgan fingerprint density at radius 3 is 2.83 bits per heavy atom. The van der Waals surface area contributed by atoms with E-state index in [0.29, 0.717) is 0 Å². The van der Waals surface area contributed by atoms with Crippen molar-refractivity contribution in [1.82, 2.24) is 14.5 Å². The third-order valence-corrected chi connectivity index (χ3v) is 4.11. The van der Waals surface area contributed by atoms with Crippen molar-refractivity contribution in [3.63, 3.8) is 0 Å². The monoisotopic (exact) mass is 264 g/mol. The minimum Gasteiger partial charge on any atom is -0.348 e. The highest BCUT2D eigenvalue weighted by atomic mass is 32.1. The van der Waals surface area contributed by atoms with E-state index in [1.807, 2.05) is 19.3 Å². The first-order valence-corrected chi connectivity index (χ1v) is 7.15. The number of aromatic nitrogens is 3. The van der Waals surface area contributed by atoms with E-state index in [-0.39, 0.29) is 6.04 Å². The quantitative estimate of drug-likeness (QED) is 0.898. The van der Waals surface area contributed by atoms with E-state index >= 15 is 0 Å². The highest BCUT2D eigenvalue weighted by molar-refractivity contribution is 7.11. The Labute approximate surface area is 112 Å². The zero-order valence-electron chi connectivity index (χ0n) is 11.4. The maximum Gasteiger partial charge on any atom is 0.203 e. The van der Waals surface area contributed by atoms with Gasteiger partial charge in [0, 0.05) is 23.8 Å². The van der Waals surface area contributed by atoms with E-state index in [4.69, 9.17) is 0 Å². The van der Waals surface area contributed by atoms with Crippen LogP contribution in [0.3, 0.4) is 0 Å². The summed E-state index contributed by atoms with van der Waals surface area (Å²) in [7, 11) is 0. The number of hydrogen-bond acceptors (Lipinski definition) is 4. The van der Waals surface area contributed by atoms with Crippen LogP contribution in [0.1, 0.15) is 41.9 Å². The lowest BCUT2D eigenvalue weighted by Gasteiger charge is -2.15. The highest BCUT2D eigenvalue weighted by Gasteiger charge is 2.14. The van der Waals surface area contributed by atoms with Crippen LogP contribution in [0, 0.1) is 13.8 Å². The summed E-state index contributed by atoms with van der Waals surface area (Å²) in [6.45, 7) is 9.44. The van der Waals surface area contributed by atoms with E-state index in [0.717, 1.165) is 29.6 Å². The molecule has 0 saturated heterocycles. The minimum absolute atomic E-state index is 0.245. The van der Waals surface area contributed by atoms with E-state index in [1.165, 1.54) is 4.88 Å². The Balaban J connectivity index is 2.13. The van der Waals surface area contributed by atoms with Crippen molar-refractivity contribution in [1.29, 1.82) is 0 Å². The number of imidazole rings is 1. The van der Waals surface area contributed by atoms with Gasteiger partial charge in [0.25, 0.3) is 0 Å². The molecule has 98 valence electrons. The van der Waals surface area contributed by atoms with Gasteiger partial charge in [0.15, 0.2) is 0 Å². The smallest absolute Gasteiger partial charge is 0.203 e. The van der Waals surface area contributed by atoms with Gasteiger partial charge in [0.2, 0.25) is 5.95 Å². The van der Waals surface area contributed by atoms with E-state index in [1.54, 1.807) is 11.3 Å². The van der Waals surface area contributed by atoms with Crippen LogP contribution < -0.4 is 5.32 Å². The maximum absolute atomic E-state index is 4.47. The minimum atomic E-state index is 0.245. The van der Waals surface area contributed by atoms with Crippen molar-refractivity contribution in [2.45, 2.75) is 46.7 Å². The van der Waals surface area contributed by atoms with Gasteiger partial charge in [-0.3, -0.25) is 0 Å². The van der Waals surface area contributed by atoms with Gasteiger partial charge in [-0.15, -0.1) is 11.3 Å². The first kappa shape index (κ1) is 13.1. The largest absolute Gasteiger partial charge is 0.348 e. The lowest BCUT2D eigenvalue weighted by molar-refractivity contribution is 0.675. The first-order chi connectivity index (χ1) is 8.61. The average Bonchev–Trinajstić information content (AvgIpc) is 2.87. The normalized spacial score (nSPS) is 12.7. The average molecular weight is 264 g/mol. The number of hydrogen-bond donors (Lipinski definition) is 1. The zero-order valence-corrected chi connectivity index (χ0v) is 12.2. The predicted octanol–water partition coefficient (Wildman–Crippen LogP) is 3.54. The molecular weight excluding hydrogens is 244 g/mol. The molecule has 1 atom stereocenters. The van der Waals surface area contributed by atoms with Crippen LogP contribution in [0.5, 0.6) is 0 Å². The molecule has 0 aromatic carbocycles. The lowest BCUT2D eigenvalue weighted by Crippen LogP contribution is -2.11. The summed E-state index contributed by atoms with van der Waals surface area (Å²) in [5.74, 6) is 0.940. The Morgan fingerprint density at radius 2 is 2.22 bits per heavy atom. The summed E-state index contributed by atoms with van der Waals surface area (Å²) in [6, 6.07) is 0.245. The van der Waals surface area contributed by atoms with Crippen LogP contribution >= 0.6 is 11.3 Å². The number of rotatable bonds is 5. The van der Waals surface area contributed by atoms with E-state index in [2.05, 4.69) is 40.6 Å². The second-order valence-corrected chi connectivity index (χ2v) is 5.73. The van der Waals surface area contributed by atoms with E-state index in [9.17, 15) is 0 Å². The Kier molecular flexibility index (Phi) is 4.01. The third kappa shape index (κ3) is 2.72. The second kappa shape index (κ2) is 5.52. The SMILES string of the molecule is CCCn1ccnc1NC(C)c1sc(C)nc1C. The molecule has 2 aromatic heterocycles. The highest BCUT2D eigenvalue weighted by Crippen LogP contribution is 2.27. The van der Waals surface area contributed by atoms with Crippen molar-refractivity contribution in [3.8, 4) is 0 Å². The summed E-state index contributed by atoms with van der Waals surface area (Å²) >= 11 is 1.75. The van der Waals surface area contributed by atoms with Gasteiger partial charge in [-0.05, 0) is 27.2 Å². The molecule has 1 unspecified atom stereocenters. The molecule has 1 N–H and O–H groups in total. The summed E-state index contributed by atoms with van der Waals surface area (Å²) in [5.41, 5.74) is 1.12. The van der Waals surface area contributed by atoms with Crippen molar-refractivity contribution < 1.29 is 0 Å². The molecule has 0 radical (unpaired) electrons. The first-order valence-electron chi connectivity index (χ1n) is 6.33. The van der Waals surface area contributed by atoms with Gasteiger partial charge in [0.1, 0.15) is 0 Å².